The molecule has 2 N–H and O–H groups in total. The molecule has 1 aliphatic heterocycles. The predicted molar refractivity (Wildman–Crippen MR) is 71.0 cm³/mol. The zero-order valence-electron chi connectivity index (χ0n) is 11.1. The molecule has 5 nitrogen and oxygen atoms in total. The number of carbonyl (C=O) groups excluding carboxylic acids is 1. The smallest absolute Gasteiger partial charge is 0.323 e. The van der Waals surface area contributed by atoms with Crippen molar-refractivity contribution < 1.29 is 14.7 Å². The molecule has 1 aromatic rings. The van der Waals surface area contributed by atoms with Crippen molar-refractivity contribution in [2.24, 2.45) is 0 Å². The second-order valence-corrected chi connectivity index (χ2v) is 5.10. The number of urea groups is 1. The minimum Gasteiger partial charge on any atom is -0.480 e. The molecular formula is C14H18N2O3. The Kier molecular flexibility index (Phi) is 3.74. The van der Waals surface area contributed by atoms with Gasteiger partial charge in [0.25, 0.3) is 0 Å². The molecule has 1 unspecified atom stereocenters. The third-order valence-corrected chi connectivity index (χ3v) is 3.32. The molecule has 1 heterocycles. The standard InChI is InChI=1S/C14H18N2O3/c1-9(2)10-3-5-11(6-4-10)12-7-16(8-13(17)18)14(19)15-12/h3-6,9,12H,7-8H2,1-2H3,(H,15,19)(H,17,18). The first kappa shape index (κ1) is 13.4. The molecule has 2 amide bonds. The fourth-order valence-corrected chi connectivity index (χ4v) is 2.19. The molecule has 0 aromatic heterocycles. The number of carboxylic acid groups (broad SMARTS) is 1. The molecule has 1 aliphatic rings. The van der Waals surface area contributed by atoms with Crippen LogP contribution in [0.4, 0.5) is 4.79 Å². The van der Waals surface area contributed by atoms with Gasteiger partial charge in [-0.1, -0.05) is 38.1 Å². The second-order valence-electron chi connectivity index (χ2n) is 5.10. The highest BCUT2D eigenvalue weighted by molar-refractivity contribution is 5.82. The van der Waals surface area contributed by atoms with E-state index in [4.69, 9.17) is 5.11 Å². The number of carboxylic acids is 1. The van der Waals surface area contributed by atoms with Crippen LogP contribution in [-0.2, 0) is 4.79 Å². The number of hydrogen-bond acceptors (Lipinski definition) is 2. The van der Waals surface area contributed by atoms with Crippen LogP contribution in [0.2, 0.25) is 0 Å². The van der Waals surface area contributed by atoms with Crippen LogP contribution in [0, 0.1) is 0 Å². The monoisotopic (exact) mass is 262 g/mol. The van der Waals surface area contributed by atoms with E-state index in [0.29, 0.717) is 12.5 Å². The normalized spacial score (nSPS) is 18.8. The molecule has 5 heteroatoms. The van der Waals surface area contributed by atoms with Crippen molar-refractivity contribution in [3.63, 3.8) is 0 Å². The number of nitrogens with one attached hydrogen (secondary N) is 1. The average Bonchev–Trinajstić information content (AvgIpc) is 2.70. The van der Waals surface area contributed by atoms with Crippen molar-refractivity contribution in [3.05, 3.63) is 35.4 Å². The van der Waals surface area contributed by atoms with Gasteiger partial charge in [0, 0.05) is 6.54 Å². The number of amides is 2. The molecule has 0 saturated carbocycles. The molecule has 0 aliphatic carbocycles. The minimum absolute atomic E-state index is 0.131. The maximum absolute atomic E-state index is 11.6. The van der Waals surface area contributed by atoms with Crippen LogP contribution in [0.5, 0.6) is 0 Å². The van der Waals surface area contributed by atoms with Crippen molar-refractivity contribution in [3.8, 4) is 0 Å². The lowest BCUT2D eigenvalue weighted by Crippen LogP contribution is -2.32. The Morgan fingerprint density at radius 2 is 2.05 bits per heavy atom. The van der Waals surface area contributed by atoms with Crippen molar-refractivity contribution >= 4 is 12.0 Å². The molecule has 2 rings (SSSR count). The SMILES string of the molecule is CC(C)c1ccc(C2CN(CC(=O)O)C(=O)N2)cc1. The number of aliphatic carboxylic acids is 1. The average molecular weight is 262 g/mol. The van der Waals surface area contributed by atoms with Crippen LogP contribution in [-0.4, -0.2) is 35.1 Å². The van der Waals surface area contributed by atoms with E-state index >= 15 is 0 Å². The fourth-order valence-electron chi connectivity index (χ4n) is 2.19. The van der Waals surface area contributed by atoms with Gasteiger partial charge in [-0.25, -0.2) is 4.79 Å². The van der Waals surface area contributed by atoms with Crippen LogP contribution in [0.25, 0.3) is 0 Å². The molecular weight excluding hydrogens is 244 g/mol. The maximum atomic E-state index is 11.6. The van der Waals surface area contributed by atoms with Crippen LogP contribution < -0.4 is 5.32 Å². The molecule has 0 radical (unpaired) electrons. The largest absolute Gasteiger partial charge is 0.480 e. The molecule has 0 spiro atoms. The van der Waals surface area contributed by atoms with Crippen LogP contribution >= 0.6 is 0 Å². The third-order valence-electron chi connectivity index (χ3n) is 3.32. The van der Waals surface area contributed by atoms with Gasteiger partial charge in [-0.05, 0) is 17.0 Å². The lowest BCUT2D eigenvalue weighted by Gasteiger charge is -2.13. The minimum atomic E-state index is -0.994. The Hall–Kier alpha value is -2.04. The van der Waals surface area contributed by atoms with Gasteiger partial charge in [0.15, 0.2) is 0 Å². The van der Waals surface area contributed by atoms with Gasteiger partial charge in [0.05, 0.1) is 6.04 Å². The van der Waals surface area contributed by atoms with E-state index in [0.717, 1.165) is 5.56 Å². The summed E-state index contributed by atoms with van der Waals surface area (Å²) in [6, 6.07) is 7.63. The highest BCUT2D eigenvalue weighted by Gasteiger charge is 2.30. The summed E-state index contributed by atoms with van der Waals surface area (Å²) in [4.78, 5) is 23.6. The number of nitrogens with zero attached hydrogens (tertiary/aromatic N) is 1. The van der Waals surface area contributed by atoms with E-state index in [-0.39, 0.29) is 18.6 Å². The highest BCUT2D eigenvalue weighted by atomic mass is 16.4. The molecule has 1 atom stereocenters. The van der Waals surface area contributed by atoms with E-state index in [1.54, 1.807) is 0 Å². The van der Waals surface area contributed by atoms with E-state index in [2.05, 4.69) is 19.2 Å². The first-order chi connectivity index (χ1) is 8.97. The van der Waals surface area contributed by atoms with Gasteiger partial charge < -0.3 is 15.3 Å². The third kappa shape index (κ3) is 3.05. The number of benzene rings is 1. The zero-order chi connectivity index (χ0) is 14.0. The fraction of sp³-hybridized carbons (Fsp3) is 0.429. The maximum Gasteiger partial charge on any atom is 0.323 e. The number of rotatable bonds is 4. The molecule has 1 fully saturated rings. The van der Waals surface area contributed by atoms with Crippen LogP contribution in [0.1, 0.15) is 36.9 Å². The summed E-state index contributed by atoms with van der Waals surface area (Å²) in [5.74, 6) is -0.526. The number of hydrogen-bond donors (Lipinski definition) is 2. The van der Waals surface area contributed by atoms with Gasteiger partial charge in [-0.3, -0.25) is 4.79 Å². The molecule has 1 aromatic carbocycles. The summed E-state index contributed by atoms with van der Waals surface area (Å²) in [5, 5.41) is 11.5. The Bertz CT molecular complexity index is 482. The first-order valence-electron chi connectivity index (χ1n) is 6.34. The first-order valence-corrected chi connectivity index (χ1v) is 6.34. The molecule has 1 saturated heterocycles. The summed E-state index contributed by atoms with van der Waals surface area (Å²) in [6.07, 6.45) is 0. The topological polar surface area (TPSA) is 69.6 Å². The molecule has 102 valence electrons. The molecule has 19 heavy (non-hydrogen) atoms. The summed E-state index contributed by atoms with van der Waals surface area (Å²) in [7, 11) is 0. The zero-order valence-corrected chi connectivity index (χ0v) is 11.1. The Labute approximate surface area is 112 Å². The van der Waals surface area contributed by atoms with Crippen molar-refractivity contribution in [2.45, 2.75) is 25.8 Å². The Morgan fingerprint density at radius 1 is 1.42 bits per heavy atom. The van der Waals surface area contributed by atoms with E-state index in [9.17, 15) is 9.59 Å². The summed E-state index contributed by atoms with van der Waals surface area (Å²) >= 11 is 0. The van der Waals surface area contributed by atoms with E-state index in [1.165, 1.54) is 10.5 Å². The Morgan fingerprint density at radius 3 is 2.58 bits per heavy atom. The van der Waals surface area contributed by atoms with Gasteiger partial charge in [-0.2, -0.15) is 0 Å². The van der Waals surface area contributed by atoms with Gasteiger partial charge in [-0.15, -0.1) is 0 Å². The molecule has 0 bridgehead atoms. The predicted octanol–water partition coefficient (Wildman–Crippen LogP) is 1.96. The van der Waals surface area contributed by atoms with Crippen LogP contribution in [0.3, 0.4) is 0 Å². The van der Waals surface area contributed by atoms with Gasteiger partial charge >= 0.3 is 12.0 Å². The summed E-state index contributed by atoms with van der Waals surface area (Å²) < 4.78 is 0. The van der Waals surface area contributed by atoms with Crippen LogP contribution in [0.15, 0.2) is 24.3 Å². The second kappa shape index (κ2) is 5.30. The van der Waals surface area contributed by atoms with Gasteiger partial charge in [0.1, 0.15) is 6.54 Å². The van der Waals surface area contributed by atoms with Gasteiger partial charge in [0.2, 0.25) is 0 Å². The Balaban J connectivity index is 2.07. The van der Waals surface area contributed by atoms with Crippen molar-refractivity contribution in [1.29, 1.82) is 0 Å². The summed E-state index contributed by atoms with van der Waals surface area (Å²) in [6.45, 7) is 4.39. The quantitative estimate of drug-likeness (QED) is 0.871. The lowest BCUT2D eigenvalue weighted by molar-refractivity contribution is -0.137. The van der Waals surface area contributed by atoms with Crippen molar-refractivity contribution in [1.82, 2.24) is 10.2 Å². The lowest BCUT2D eigenvalue weighted by atomic mass is 9.99. The van der Waals surface area contributed by atoms with E-state index in [1.807, 2.05) is 24.3 Å². The highest BCUT2D eigenvalue weighted by Crippen LogP contribution is 2.22. The van der Waals surface area contributed by atoms with E-state index < -0.39 is 5.97 Å². The number of carbonyl (C=O) groups is 2. The van der Waals surface area contributed by atoms with Crippen molar-refractivity contribution in [2.75, 3.05) is 13.1 Å². The summed E-state index contributed by atoms with van der Waals surface area (Å²) in [5.41, 5.74) is 2.25.